The number of hydrogen-bond acceptors (Lipinski definition) is 8. The number of quaternary nitrogens is 2. The van der Waals surface area contributed by atoms with Gasteiger partial charge in [-0.15, -0.1) is 0 Å². The Labute approximate surface area is 314 Å². The van der Waals surface area contributed by atoms with Crippen LogP contribution in [0.25, 0.3) is 21.5 Å². The zero-order chi connectivity index (χ0) is 37.2. The van der Waals surface area contributed by atoms with Crippen molar-refractivity contribution in [3.8, 4) is 0 Å². The first-order valence-corrected chi connectivity index (χ1v) is 20.4. The number of anilines is 2. The van der Waals surface area contributed by atoms with Gasteiger partial charge in [-0.05, 0) is 36.4 Å². The van der Waals surface area contributed by atoms with E-state index in [1.54, 1.807) is 12.1 Å². The van der Waals surface area contributed by atoms with Crippen LogP contribution in [-0.2, 0) is 0 Å². The largest absolute Gasteiger partial charge is 0.384 e. The van der Waals surface area contributed by atoms with Crippen LogP contribution in [0, 0.1) is 0 Å². The summed E-state index contributed by atoms with van der Waals surface area (Å²) in [5, 5.41) is 10.2. The molecule has 6 rings (SSSR count). The van der Waals surface area contributed by atoms with Crippen molar-refractivity contribution in [1.82, 2.24) is 9.80 Å². The highest BCUT2D eigenvalue weighted by Gasteiger charge is 2.34. The molecule has 12 heteroatoms. The van der Waals surface area contributed by atoms with Gasteiger partial charge in [-0.2, -0.15) is 0 Å². The van der Waals surface area contributed by atoms with Crippen LogP contribution in [0.4, 0.5) is 11.4 Å². The molecule has 0 spiro atoms. The van der Waals surface area contributed by atoms with Gasteiger partial charge in [0.1, 0.15) is 0 Å². The maximum absolute atomic E-state index is 13.6. The van der Waals surface area contributed by atoms with Gasteiger partial charge in [0.05, 0.1) is 55.4 Å². The van der Waals surface area contributed by atoms with Gasteiger partial charge in [-0.3, -0.25) is 29.0 Å². The van der Waals surface area contributed by atoms with E-state index < -0.39 is 0 Å². The first kappa shape index (κ1) is 37.7. The van der Waals surface area contributed by atoms with Crippen molar-refractivity contribution >= 4 is 78.1 Å². The molecule has 2 aliphatic heterocycles. The highest BCUT2D eigenvalue weighted by molar-refractivity contribution is 8.76. The molecule has 2 heterocycles. The van der Waals surface area contributed by atoms with Crippen molar-refractivity contribution in [3.05, 3.63) is 82.9 Å². The lowest BCUT2D eigenvalue weighted by atomic mass is 9.93. The van der Waals surface area contributed by atoms with Gasteiger partial charge in [-0.25, -0.2) is 0 Å². The summed E-state index contributed by atoms with van der Waals surface area (Å²) in [6.07, 6.45) is 2.00. The van der Waals surface area contributed by atoms with Crippen molar-refractivity contribution in [2.45, 2.75) is 12.8 Å². The van der Waals surface area contributed by atoms with Crippen LogP contribution in [-0.4, -0.2) is 135 Å². The Kier molecular flexibility index (Phi) is 11.2. The molecule has 0 radical (unpaired) electrons. The summed E-state index contributed by atoms with van der Waals surface area (Å²) in [7, 11) is 16.1. The Morgan fingerprint density at radius 3 is 1.25 bits per heavy atom. The number of imide groups is 2. The van der Waals surface area contributed by atoms with Gasteiger partial charge in [0, 0.05) is 106 Å². The number of hydrogen-bond donors (Lipinski definition) is 2. The molecule has 0 unspecified atom stereocenters. The highest BCUT2D eigenvalue weighted by atomic mass is 33.1. The predicted molar refractivity (Wildman–Crippen MR) is 216 cm³/mol. The van der Waals surface area contributed by atoms with E-state index in [-0.39, 0.29) is 36.7 Å². The third kappa shape index (κ3) is 8.10. The number of carbonyl (C=O) groups excluding carboxylic acids is 4. The molecule has 52 heavy (non-hydrogen) atoms. The predicted octanol–water partition coefficient (Wildman–Crippen LogP) is 6.28. The van der Waals surface area contributed by atoms with Crippen molar-refractivity contribution in [1.29, 1.82) is 0 Å². The summed E-state index contributed by atoms with van der Waals surface area (Å²) >= 11 is 0. The lowest BCUT2D eigenvalue weighted by Gasteiger charge is -2.28. The fourth-order valence-corrected chi connectivity index (χ4v) is 8.84. The van der Waals surface area contributed by atoms with Gasteiger partial charge >= 0.3 is 0 Å². The molecule has 0 aliphatic carbocycles. The monoisotopic (exact) mass is 742 g/mol. The lowest BCUT2D eigenvalue weighted by molar-refractivity contribution is -0.870. The summed E-state index contributed by atoms with van der Waals surface area (Å²) in [5.41, 5.74) is 4.02. The molecular weight excluding hydrogens is 693 g/mol. The number of carbonyl (C=O) groups is 4. The van der Waals surface area contributed by atoms with Crippen molar-refractivity contribution in [2.24, 2.45) is 0 Å². The molecular formula is C40H50N6O4S2+2. The normalized spacial score (nSPS) is 14.6. The zero-order valence-electron chi connectivity index (χ0n) is 31.1. The van der Waals surface area contributed by atoms with E-state index in [0.29, 0.717) is 44.5 Å². The van der Waals surface area contributed by atoms with Gasteiger partial charge < -0.3 is 19.6 Å². The fourth-order valence-electron chi connectivity index (χ4n) is 6.93. The van der Waals surface area contributed by atoms with E-state index in [9.17, 15) is 19.2 Å². The number of amides is 4. The number of benzene rings is 4. The third-order valence-corrected chi connectivity index (χ3v) is 11.9. The minimum atomic E-state index is -0.282. The quantitative estimate of drug-likeness (QED) is 0.0565. The maximum Gasteiger partial charge on any atom is 0.261 e. The van der Waals surface area contributed by atoms with Gasteiger partial charge in [0.2, 0.25) is 0 Å². The van der Waals surface area contributed by atoms with E-state index in [4.69, 9.17) is 0 Å². The molecule has 4 amide bonds. The van der Waals surface area contributed by atoms with E-state index in [1.165, 1.54) is 31.4 Å². The Balaban J connectivity index is 1.02. The van der Waals surface area contributed by atoms with Crippen LogP contribution in [0.15, 0.2) is 60.7 Å². The molecule has 0 aromatic heterocycles. The van der Waals surface area contributed by atoms with Crippen molar-refractivity contribution in [3.63, 3.8) is 0 Å². The minimum Gasteiger partial charge on any atom is -0.384 e. The van der Waals surface area contributed by atoms with Gasteiger partial charge in [-0.1, -0.05) is 45.9 Å². The third-order valence-electron chi connectivity index (χ3n) is 9.51. The smallest absolute Gasteiger partial charge is 0.261 e. The Bertz CT molecular complexity index is 1850. The summed E-state index contributed by atoms with van der Waals surface area (Å²) in [5.74, 6) is -0.0833. The van der Waals surface area contributed by atoms with Crippen LogP contribution < -0.4 is 10.6 Å². The number of nitrogens with one attached hydrogen (secondary N) is 2. The molecule has 2 N–H and O–H groups in total. The second kappa shape index (κ2) is 15.5. The lowest BCUT2D eigenvalue weighted by Crippen LogP contribution is -2.42. The topological polar surface area (TPSA) is 98.8 Å². The summed E-state index contributed by atoms with van der Waals surface area (Å²) in [6, 6.07) is 18.8. The summed E-state index contributed by atoms with van der Waals surface area (Å²) in [6.45, 7) is 4.20. The first-order valence-electron chi connectivity index (χ1n) is 17.9. The average molecular weight is 743 g/mol. The summed E-state index contributed by atoms with van der Waals surface area (Å²) in [4.78, 5) is 57.0. The number of nitrogens with zero attached hydrogens (tertiary/aromatic N) is 4. The minimum absolute atomic E-state index is 0.263. The van der Waals surface area contributed by atoms with Crippen LogP contribution in [0.5, 0.6) is 0 Å². The molecule has 274 valence electrons. The van der Waals surface area contributed by atoms with Gasteiger partial charge in [0.15, 0.2) is 0 Å². The molecule has 4 aromatic rings. The van der Waals surface area contributed by atoms with Crippen LogP contribution >= 0.6 is 21.6 Å². The molecule has 4 aromatic carbocycles. The second-order valence-electron chi connectivity index (χ2n) is 15.5. The van der Waals surface area contributed by atoms with Crippen LogP contribution in [0.2, 0.25) is 0 Å². The van der Waals surface area contributed by atoms with Crippen molar-refractivity contribution < 1.29 is 28.1 Å². The average Bonchev–Trinajstić information content (AvgIpc) is 3.09. The highest BCUT2D eigenvalue weighted by Crippen LogP contribution is 2.36. The SMILES string of the molecule is C[N+](C)(C)CCCNc1ccc2c3c(cccc13)C(=O)N(CCSSCCN1C(=O)c3cccc4c(NCCC[N+](C)(C)C)ccc(c34)C1=O)C2=O. The van der Waals surface area contributed by atoms with Crippen LogP contribution in [0.1, 0.15) is 54.3 Å². The summed E-state index contributed by atoms with van der Waals surface area (Å²) < 4.78 is 1.78. The van der Waals surface area contributed by atoms with Crippen LogP contribution in [0.3, 0.4) is 0 Å². The van der Waals surface area contributed by atoms with E-state index in [1.807, 2.05) is 48.5 Å². The van der Waals surface area contributed by atoms with E-state index in [2.05, 4.69) is 52.9 Å². The molecule has 0 saturated heterocycles. The Morgan fingerprint density at radius 2 is 0.885 bits per heavy atom. The van der Waals surface area contributed by atoms with Crippen molar-refractivity contribution in [2.75, 3.05) is 104 Å². The van der Waals surface area contributed by atoms with Gasteiger partial charge in [0.25, 0.3) is 23.6 Å². The standard InChI is InChI=1S/C40H48N6O4S2/c1-45(2,3)23-9-19-41-33-17-15-31-35-27(33)11-7-13-29(35)37(47)43(39(31)49)21-25-51-52-26-22-44-38(48)30-14-8-12-28-34(42-20-10-24-46(4,5)6)18-16-32(36(28)30)40(44)50/h7-8,11-18H,9-10,19-26H2,1-6H3/p+2. The molecule has 2 aliphatic rings. The molecule has 0 atom stereocenters. The second-order valence-corrected chi connectivity index (χ2v) is 18.2. The molecule has 0 saturated carbocycles. The number of rotatable bonds is 17. The Morgan fingerprint density at radius 1 is 0.519 bits per heavy atom. The molecule has 0 bridgehead atoms. The first-order chi connectivity index (χ1) is 24.7. The molecule has 0 fully saturated rings. The van der Waals surface area contributed by atoms with E-state index in [0.717, 1.165) is 70.1 Å². The molecule has 10 nitrogen and oxygen atoms in total. The Hall–Kier alpha value is -4.10. The zero-order valence-corrected chi connectivity index (χ0v) is 32.7. The maximum atomic E-state index is 13.6. The fraction of sp³-hybridized carbons (Fsp3) is 0.400. The van der Waals surface area contributed by atoms with E-state index >= 15 is 0 Å².